The van der Waals surface area contributed by atoms with Gasteiger partial charge in [0.05, 0.1) is 18.4 Å². The molecule has 0 aromatic heterocycles. The van der Waals surface area contributed by atoms with Crippen LogP contribution in [0.25, 0.3) is 5.57 Å². The molecule has 0 saturated carbocycles. The molecule has 3 aromatic rings. The lowest BCUT2D eigenvalue weighted by Gasteiger charge is -2.16. The number of carbonyl (C=O) groups excluding carboxylic acids is 2. The summed E-state index contributed by atoms with van der Waals surface area (Å²) in [6.45, 7) is 5.92. The highest BCUT2D eigenvalue weighted by molar-refractivity contribution is 6.46. The lowest BCUT2D eigenvalue weighted by Crippen LogP contribution is -2.32. The average molecular weight is 412 g/mol. The van der Waals surface area contributed by atoms with Crippen LogP contribution in [-0.2, 0) is 9.59 Å². The predicted octanol–water partition coefficient (Wildman–Crippen LogP) is 5.02. The van der Waals surface area contributed by atoms with Crippen molar-refractivity contribution in [2.75, 3.05) is 17.3 Å². The van der Waals surface area contributed by atoms with E-state index in [-0.39, 0.29) is 17.5 Å². The number of rotatable bonds is 5. The van der Waals surface area contributed by atoms with E-state index >= 15 is 0 Å². The quantitative estimate of drug-likeness (QED) is 0.598. The van der Waals surface area contributed by atoms with Gasteiger partial charge in [-0.25, -0.2) is 4.90 Å². The van der Waals surface area contributed by atoms with Gasteiger partial charge in [0.1, 0.15) is 11.4 Å². The number of methoxy groups -OCH3 is 1. The molecule has 5 nitrogen and oxygen atoms in total. The molecule has 0 radical (unpaired) electrons. The summed E-state index contributed by atoms with van der Waals surface area (Å²) in [7, 11) is 1.57. The van der Waals surface area contributed by atoms with Crippen LogP contribution < -0.4 is 15.0 Å². The molecule has 1 aliphatic heterocycles. The summed E-state index contributed by atoms with van der Waals surface area (Å²) in [5.74, 6) is -0.0738. The van der Waals surface area contributed by atoms with Gasteiger partial charge in [0, 0.05) is 5.69 Å². The van der Waals surface area contributed by atoms with E-state index in [1.54, 1.807) is 31.4 Å². The van der Waals surface area contributed by atoms with Crippen molar-refractivity contribution in [3.05, 3.63) is 94.7 Å². The Bertz CT molecular complexity index is 1210. The summed E-state index contributed by atoms with van der Waals surface area (Å²) in [6.07, 6.45) is 0. The molecule has 4 rings (SSSR count). The van der Waals surface area contributed by atoms with Crippen molar-refractivity contribution in [1.29, 1.82) is 0 Å². The molecule has 0 unspecified atom stereocenters. The minimum absolute atomic E-state index is 0.280. The summed E-state index contributed by atoms with van der Waals surface area (Å²) in [5.41, 5.74) is 5.71. The van der Waals surface area contributed by atoms with E-state index in [0.717, 1.165) is 27.9 Å². The number of nitrogens with one attached hydrogen (secondary N) is 1. The van der Waals surface area contributed by atoms with E-state index in [1.807, 2.05) is 63.2 Å². The summed E-state index contributed by atoms with van der Waals surface area (Å²) < 4.78 is 5.21. The van der Waals surface area contributed by atoms with Crippen molar-refractivity contribution in [2.45, 2.75) is 20.8 Å². The van der Waals surface area contributed by atoms with Crippen LogP contribution in [0.4, 0.5) is 11.4 Å². The Labute approximate surface area is 182 Å². The van der Waals surface area contributed by atoms with E-state index in [9.17, 15) is 9.59 Å². The van der Waals surface area contributed by atoms with Crippen LogP contribution in [0.1, 0.15) is 22.3 Å². The van der Waals surface area contributed by atoms with Crippen LogP contribution in [0.3, 0.4) is 0 Å². The van der Waals surface area contributed by atoms with Gasteiger partial charge in [-0.2, -0.15) is 0 Å². The van der Waals surface area contributed by atoms with E-state index < -0.39 is 0 Å². The first-order valence-corrected chi connectivity index (χ1v) is 10.1. The Hall–Kier alpha value is -3.86. The van der Waals surface area contributed by atoms with E-state index in [2.05, 4.69) is 5.32 Å². The van der Waals surface area contributed by atoms with E-state index in [1.165, 1.54) is 4.90 Å². The van der Waals surface area contributed by atoms with Gasteiger partial charge in [0.15, 0.2) is 0 Å². The Kier molecular flexibility index (Phi) is 5.34. The molecule has 0 bridgehead atoms. The van der Waals surface area contributed by atoms with Crippen molar-refractivity contribution < 1.29 is 14.3 Å². The topological polar surface area (TPSA) is 58.6 Å². The number of para-hydroxylation sites is 1. The summed E-state index contributed by atoms with van der Waals surface area (Å²) in [6, 6.07) is 20.5. The van der Waals surface area contributed by atoms with Gasteiger partial charge >= 0.3 is 0 Å². The zero-order chi connectivity index (χ0) is 22.1. The number of ether oxygens (including phenoxy) is 1. The van der Waals surface area contributed by atoms with Crippen LogP contribution in [0.2, 0.25) is 0 Å². The molecular formula is C26H24N2O3. The average Bonchev–Trinajstić information content (AvgIpc) is 2.99. The van der Waals surface area contributed by atoms with Crippen LogP contribution >= 0.6 is 0 Å². The second-order valence-corrected chi connectivity index (χ2v) is 7.65. The van der Waals surface area contributed by atoms with Gasteiger partial charge in [-0.05, 0) is 67.8 Å². The third-order valence-electron chi connectivity index (χ3n) is 5.47. The number of imide groups is 1. The molecule has 0 fully saturated rings. The SMILES string of the molecule is COc1ccc(N2C(=O)C(Nc3ccccc3C)=C(c3ccc(C)cc3C)C2=O)cc1. The summed E-state index contributed by atoms with van der Waals surface area (Å²) >= 11 is 0. The standard InChI is InChI=1S/C26H24N2O3/c1-16-9-14-21(18(3)15-16)23-24(27-22-8-6-5-7-17(22)2)26(30)28(25(23)29)19-10-12-20(31-4)13-11-19/h5-15,27H,1-4H3. The van der Waals surface area contributed by atoms with Gasteiger partial charge in [-0.1, -0.05) is 42.0 Å². The highest BCUT2D eigenvalue weighted by Crippen LogP contribution is 2.36. The van der Waals surface area contributed by atoms with Crippen LogP contribution in [0.15, 0.2) is 72.4 Å². The molecule has 5 heteroatoms. The highest BCUT2D eigenvalue weighted by atomic mass is 16.5. The van der Waals surface area contributed by atoms with Crippen molar-refractivity contribution in [3.63, 3.8) is 0 Å². The largest absolute Gasteiger partial charge is 0.497 e. The first-order chi connectivity index (χ1) is 14.9. The molecule has 0 atom stereocenters. The molecule has 31 heavy (non-hydrogen) atoms. The van der Waals surface area contributed by atoms with Crippen LogP contribution in [-0.4, -0.2) is 18.9 Å². The number of benzene rings is 3. The maximum atomic E-state index is 13.6. The van der Waals surface area contributed by atoms with Crippen LogP contribution in [0.5, 0.6) is 5.75 Å². The van der Waals surface area contributed by atoms with Gasteiger partial charge < -0.3 is 10.1 Å². The fraction of sp³-hybridized carbons (Fsp3) is 0.154. The number of anilines is 2. The molecule has 3 aromatic carbocycles. The molecule has 0 aliphatic carbocycles. The zero-order valence-corrected chi connectivity index (χ0v) is 18.0. The van der Waals surface area contributed by atoms with E-state index in [0.29, 0.717) is 17.0 Å². The molecule has 1 N–H and O–H groups in total. The van der Waals surface area contributed by atoms with Crippen molar-refractivity contribution >= 4 is 28.8 Å². The molecule has 2 amide bonds. The Morgan fingerprint density at radius 3 is 2.16 bits per heavy atom. The maximum Gasteiger partial charge on any atom is 0.282 e. The molecule has 1 heterocycles. The number of hydrogen-bond donors (Lipinski definition) is 1. The number of amides is 2. The number of aryl methyl sites for hydroxylation is 3. The summed E-state index contributed by atoms with van der Waals surface area (Å²) in [5, 5.41) is 3.24. The fourth-order valence-corrected chi connectivity index (χ4v) is 3.80. The minimum atomic E-state index is -0.381. The minimum Gasteiger partial charge on any atom is -0.497 e. The van der Waals surface area contributed by atoms with Crippen molar-refractivity contribution in [1.82, 2.24) is 0 Å². The van der Waals surface area contributed by atoms with Gasteiger partial charge in [-0.15, -0.1) is 0 Å². The third kappa shape index (κ3) is 3.70. The first-order valence-electron chi connectivity index (χ1n) is 10.1. The van der Waals surface area contributed by atoms with Crippen LogP contribution in [0, 0.1) is 20.8 Å². The lowest BCUT2D eigenvalue weighted by atomic mass is 9.97. The zero-order valence-electron chi connectivity index (χ0n) is 18.0. The van der Waals surface area contributed by atoms with E-state index in [4.69, 9.17) is 4.74 Å². The third-order valence-corrected chi connectivity index (χ3v) is 5.47. The Morgan fingerprint density at radius 1 is 0.806 bits per heavy atom. The molecule has 0 spiro atoms. The smallest absolute Gasteiger partial charge is 0.282 e. The fourth-order valence-electron chi connectivity index (χ4n) is 3.80. The molecule has 1 aliphatic rings. The van der Waals surface area contributed by atoms with Gasteiger partial charge in [0.25, 0.3) is 11.8 Å². The lowest BCUT2D eigenvalue weighted by molar-refractivity contribution is -0.120. The second kappa shape index (κ2) is 8.11. The molecular weight excluding hydrogens is 388 g/mol. The predicted molar refractivity (Wildman–Crippen MR) is 123 cm³/mol. The number of nitrogens with zero attached hydrogens (tertiary/aromatic N) is 1. The monoisotopic (exact) mass is 412 g/mol. The Morgan fingerprint density at radius 2 is 1.52 bits per heavy atom. The maximum absolute atomic E-state index is 13.6. The van der Waals surface area contributed by atoms with Gasteiger partial charge in [0.2, 0.25) is 0 Å². The normalized spacial score (nSPS) is 13.7. The van der Waals surface area contributed by atoms with Crippen molar-refractivity contribution in [2.24, 2.45) is 0 Å². The molecule has 156 valence electrons. The van der Waals surface area contributed by atoms with Gasteiger partial charge in [-0.3, -0.25) is 9.59 Å². The number of hydrogen-bond acceptors (Lipinski definition) is 4. The molecule has 0 saturated heterocycles. The second-order valence-electron chi connectivity index (χ2n) is 7.65. The highest BCUT2D eigenvalue weighted by Gasteiger charge is 2.40. The Balaban J connectivity index is 1.85. The first kappa shape index (κ1) is 20.4. The number of carbonyl (C=O) groups is 2. The summed E-state index contributed by atoms with van der Waals surface area (Å²) in [4.78, 5) is 28.3. The van der Waals surface area contributed by atoms with Crippen molar-refractivity contribution in [3.8, 4) is 5.75 Å².